The molecule has 34 heavy (non-hydrogen) atoms. The predicted octanol–water partition coefficient (Wildman–Crippen LogP) is 3.14. The predicted molar refractivity (Wildman–Crippen MR) is 127 cm³/mol. The number of carbonyl (C=O) groups is 3. The fraction of sp³-hybridized carbons (Fsp3) is 0.423. The third-order valence-electron chi connectivity index (χ3n) is 6.19. The Kier molecular flexibility index (Phi) is 8.65. The van der Waals surface area contributed by atoms with Gasteiger partial charge in [0, 0.05) is 19.0 Å². The van der Waals surface area contributed by atoms with Crippen LogP contribution in [-0.4, -0.2) is 54.0 Å². The Morgan fingerprint density at radius 2 is 1.50 bits per heavy atom. The summed E-state index contributed by atoms with van der Waals surface area (Å²) in [5.74, 6) is -1.49. The molecule has 0 bridgehead atoms. The van der Waals surface area contributed by atoms with Gasteiger partial charge in [0.05, 0.1) is 18.9 Å². The van der Waals surface area contributed by atoms with Crippen LogP contribution in [0.3, 0.4) is 0 Å². The van der Waals surface area contributed by atoms with Crippen molar-refractivity contribution in [1.82, 2.24) is 10.6 Å². The molecule has 0 heterocycles. The van der Waals surface area contributed by atoms with Gasteiger partial charge in [-0.05, 0) is 34.1 Å². The Bertz CT molecular complexity index is 976. The average molecular weight is 469 g/mol. The van der Waals surface area contributed by atoms with E-state index in [1.165, 1.54) is 0 Å². The molecule has 182 valence electrons. The molecule has 0 radical (unpaired) electrons. The van der Waals surface area contributed by atoms with E-state index in [-0.39, 0.29) is 50.3 Å². The summed E-state index contributed by atoms with van der Waals surface area (Å²) in [5.41, 5.74) is 4.49. The van der Waals surface area contributed by atoms with E-state index in [1.54, 1.807) is 0 Å². The van der Waals surface area contributed by atoms with E-state index in [9.17, 15) is 19.5 Å². The van der Waals surface area contributed by atoms with Crippen molar-refractivity contribution in [2.45, 2.75) is 38.7 Å². The Hall–Kier alpha value is -3.39. The molecule has 3 rings (SSSR count). The number of carboxylic acid groups (broad SMARTS) is 1. The quantitative estimate of drug-likeness (QED) is 0.402. The minimum atomic E-state index is -1.09. The summed E-state index contributed by atoms with van der Waals surface area (Å²) in [5, 5.41) is 24.2. The molecule has 2 atom stereocenters. The van der Waals surface area contributed by atoms with Crippen molar-refractivity contribution >= 4 is 18.0 Å². The van der Waals surface area contributed by atoms with Gasteiger partial charge in [-0.3, -0.25) is 9.59 Å². The molecule has 8 nitrogen and oxygen atoms in total. The highest BCUT2D eigenvalue weighted by atomic mass is 16.5. The number of hydrogen-bond donors (Lipinski definition) is 4. The summed E-state index contributed by atoms with van der Waals surface area (Å²) in [7, 11) is 0. The van der Waals surface area contributed by atoms with Gasteiger partial charge in [0.1, 0.15) is 6.61 Å². The van der Waals surface area contributed by atoms with Crippen LogP contribution in [0.1, 0.15) is 43.7 Å². The molecule has 4 N–H and O–H groups in total. The normalized spacial score (nSPS) is 14.1. The third kappa shape index (κ3) is 6.57. The Balaban J connectivity index is 1.42. The number of carbonyl (C=O) groups excluding carboxylic acids is 2. The number of hydrogen-bond acceptors (Lipinski definition) is 5. The highest BCUT2D eigenvalue weighted by molar-refractivity contribution is 5.79. The fourth-order valence-corrected chi connectivity index (χ4v) is 4.22. The van der Waals surface area contributed by atoms with Gasteiger partial charge >= 0.3 is 12.1 Å². The number of alkyl carbamates (subject to hydrolysis) is 1. The Morgan fingerprint density at radius 3 is 2.06 bits per heavy atom. The number of aliphatic carboxylic acids is 1. The molecular formula is C26H32N2O6. The number of rotatable bonds is 11. The van der Waals surface area contributed by atoms with Crippen molar-refractivity contribution in [3.05, 3.63) is 59.7 Å². The lowest BCUT2D eigenvalue weighted by atomic mass is 9.92. The second kappa shape index (κ2) is 11.7. The van der Waals surface area contributed by atoms with Crippen molar-refractivity contribution in [3.8, 4) is 11.1 Å². The molecule has 2 aromatic rings. The average Bonchev–Trinajstić information content (AvgIpc) is 3.12. The maximum Gasteiger partial charge on any atom is 0.407 e. The van der Waals surface area contributed by atoms with Crippen LogP contribution in [0.25, 0.3) is 11.1 Å². The lowest BCUT2D eigenvalue weighted by Gasteiger charge is -2.20. The largest absolute Gasteiger partial charge is 0.481 e. The van der Waals surface area contributed by atoms with E-state index in [2.05, 4.69) is 22.8 Å². The highest BCUT2D eigenvalue weighted by Gasteiger charge is 2.29. The van der Waals surface area contributed by atoms with Crippen LogP contribution >= 0.6 is 0 Å². The summed E-state index contributed by atoms with van der Waals surface area (Å²) >= 11 is 0. The molecule has 2 amide bonds. The van der Waals surface area contributed by atoms with Gasteiger partial charge in [-0.25, -0.2) is 4.79 Å². The van der Waals surface area contributed by atoms with Crippen LogP contribution < -0.4 is 10.6 Å². The zero-order valence-corrected chi connectivity index (χ0v) is 19.5. The molecule has 0 aromatic heterocycles. The minimum Gasteiger partial charge on any atom is -0.481 e. The third-order valence-corrected chi connectivity index (χ3v) is 6.19. The number of ether oxygens (including phenoxy) is 1. The van der Waals surface area contributed by atoms with Crippen molar-refractivity contribution in [2.24, 2.45) is 11.8 Å². The summed E-state index contributed by atoms with van der Waals surface area (Å²) in [6, 6.07) is 16.1. The molecule has 1 aliphatic carbocycles. The summed E-state index contributed by atoms with van der Waals surface area (Å²) in [4.78, 5) is 35.2. The van der Waals surface area contributed by atoms with E-state index < -0.39 is 24.1 Å². The van der Waals surface area contributed by atoms with Gasteiger partial charge in [-0.15, -0.1) is 0 Å². The first-order valence-corrected chi connectivity index (χ1v) is 11.5. The maximum atomic E-state index is 12.2. The standard InChI is InChI=1S/C26H32N2O6/c1-16(2)17(11-25(31)32)13-27-24(30)12-18(29)14-28-26(33)34-15-23-21-9-5-3-7-19(21)20-8-4-6-10-22(20)23/h3-10,16-18,23,29H,11-15H2,1-2H3,(H,27,30)(H,28,33)(H,31,32). The SMILES string of the molecule is CC(C)C(CNC(=O)CC(O)CNC(=O)OCC1c2ccccc2-c2ccccc21)CC(=O)O. The molecule has 0 saturated carbocycles. The molecule has 0 spiro atoms. The lowest BCUT2D eigenvalue weighted by molar-refractivity contribution is -0.138. The molecular weight excluding hydrogens is 436 g/mol. The molecule has 8 heteroatoms. The Morgan fingerprint density at radius 1 is 0.912 bits per heavy atom. The number of fused-ring (bicyclic) bond motifs is 3. The van der Waals surface area contributed by atoms with Gasteiger partial charge in [0.2, 0.25) is 5.91 Å². The molecule has 2 aromatic carbocycles. The molecule has 1 aliphatic rings. The molecule has 0 aliphatic heterocycles. The van der Waals surface area contributed by atoms with E-state index in [4.69, 9.17) is 9.84 Å². The number of nitrogens with one attached hydrogen (secondary N) is 2. The summed E-state index contributed by atoms with van der Waals surface area (Å²) in [6.45, 7) is 4.04. The highest BCUT2D eigenvalue weighted by Crippen LogP contribution is 2.44. The number of amides is 2. The van der Waals surface area contributed by atoms with Crippen molar-refractivity contribution < 1.29 is 29.3 Å². The monoisotopic (exact) mass is 468 g/mol. The van der Waals surface area contributed by atoms with Crippen LogP contribution in [0.4, 0.5) is 4.79 Å². The first-order valence-electron chi connectivity index (χ1n) is 11.5. The zero-order chi connectivity index (χ0) is 24.7. The number of carboxylic acids is 1. The van der Waals surface area contributed by atoms with Crippen LogP contribution in [-0.2, 0) is 14.3 Å². The molecule has 0 fully saturated rings. The van der Waals surface area contributed by atoms with E-state index in [0.717, 1.165) is 22.3 Å². The fourth-order valence-electron chi connectivity index (χ4n) is 4.22. The van der Waals surface area contributed by atoms with E-state index >= 15 is 0 Å². The summed E-state index contributed by atoms with van der Waals surface area (Å²) < 4.78 is 5.42. The number of aliphatic hydroxyl groups excluding tert-OH is 1. The van der Waals surface area contributed by atoms with Gasteiger partial charge in [0.25, 0.3) is 0 Å². The number of benzene rings is 2. The smallest absolute Gasteiger partial charge is 0.407 e. The zero-order valence-electron chi connectivity index (χ0n) is 19.5. The maximum absolute atomic E-state index is 12.2. The molecule has 0 saturated heterocycles. The van der Waals surface area contributed by atoms with Crippen LogP contribution in [0.5, 0.6) is 0 Å². The van der Waals surface area contributed by atoms with Crippen LogP contribution in [0, 0.1) is 11.8 Å². The van der Waals surface area contributed by atoms with E-state index in [1.807, 2.05) is 50.2 Å². The van der Waals surface area contributed by atoms with E-state index in [0.29, 0.717) is 0 Å². The number of aliphatic hydroxyl groups is 1. The van der Waals surface area contributed by atoms with Crippen molar-refractivity contribution in [2.75, 3.05) is 19.7 Å². The van der Waals surface area contributed by atoms with Crippen LogP contribution in [0.2, 0.25) is 0 Å². The summed E-state index contributed by atoms with van der Waals surface area (Å²) in [6.07, 6.45) is -1.99. The van der Waals surface area contributed by atoms with Gasteiger partial charge < -0.3 is 25.6 Å². The topological polar surface area (TPSA) is 125 Å². The van der Waals surface area contributed by atoms with Gasteiger partial charge in [-0.1, -0.05) is 62.4 Å². The second-order valence-electron chi connectivity index (χ2n) is 8.97. The molecule has 2 unspecified atom stereocenters. The van der Waals surface area contributed by atoms with Crippen molar-refractivity contribution in [3.63, 3.8) is 0 Å². The lowest BCUT2D eigenvalue weighted by Crippen LogP contribution is -2.38. The second-order valence-corrected chi connectivity index (χ2v) is 8.97. The first kappa shape index (κ1) is 25.2. The Labute approximate surface area is 199 Å². The van der Waals surface area contributed by atoms with Gasteiger partial charge in [-0.2, -0.15) is 0 Å². The van der Waals surface area contributed by atoms with Gasteiger partial charge in [0.15, 0.2) is 0 Å². The first-order chi connectivity index (χ1) is 16.3. The minimum absolute atomic E-state index is 0.0379. The van der Waals surface area contributed by atoms with Crippen molar-refractivity contribution in [1.29, 1.82) is 0 Å². The van der Waals surface area contributed by atoms with Crippen LogP contribution in [0.15, 0.2) is 48.5 Å².